The van der Waals surface area contributed by atoms with Crippen molar-refractivity contribution in [3.05, 3.63) is 59.7 Å². The summed E-state index contributed by atoms with van der Waals surface area (Å²) in [6, 6.07) is 14.7. The van der Waals surface area contributed by atoms with E-state index in [1.807, 2.05) is 12.1 Å². The average molecular weight is 260 g/mol. The molecule has 0 nitrogen and oxygen atoms in total. The van der Waals surface area contributed by atoms with Crippen molar-refractivity contribution in [1.82, 2.24) is 0 Å². The first-order chi connectivity index (χ1) is 8.88. The maximum absolute atomic E-state index is 13.2. The summed E-state index contributed by atoms with van der Waals surface area (Å²) in [7, 11) is 0. The highest BCUT2D eigenvalue weighted by atomic mass is 19.3. The smallest absolute Gasteiger partial charge is 0.202 e. The normalized spacial score (nSPS) is 11.9. The van der Waals surface area contributed by atoms with E-state index in [-0.39, 0.29) is 5.56 Å². The summed E-state index contributed by atoms with van der Waals surface area (Å²) in [6.07, 6.45) is 0. The molecule has 2 aromatic carbocycles. The maximum atomic E-state index is 13.2. The van der Waals surface area contributed by atoms with Gasteiger partial charge in [0.2, 0.25) is 0 Å². The summed E-state index contributed by atoms with van der Waals surface area (Å²) in [5, 5.41) is 0. The summed E-state index contributed by atoms with van der Waals surface area (Å²) in [5.74, 6) is -2.32. The molecular formula is C17H18F2. The van der Waals surface area contributed by atoms with Gasteiger partial charge in [-0.1, -0.05) is 62.4 Å². The molecular weight excluding hydrogens is 242 g/mol. The van der Waals surface area contributed by atoms with E-state index in [4.69, 9.17) is 0 Å². The van der Waals surface area contributed by atoms with Gasteiger partial charge in [-0.25, -0.2) is 8.78 Å². The molecule has 0 heterocycles. The van der Waals surface area contributed by atoms with Gasteiger partial charge in [0.1, 0.15) is 0 Å². The van der Waals surface area contributed by atoms with Crippen LogP contribution in [-0.4, -0.2) is 0 Å². The Labute approximate surface area is 113 Å². The number of benzene rings is 2. The zero-order valence-electron chi connectivity index (χ0n) is 11.5. The lowest BCUT2D eigenvalue weighted by Crippen LogP contribution is -2.06. The van der Waals surface area contributed by atoms with Crippen molar-refractivity contribution in [2.75, 3.05) is 0 Å². The van der Waals surface area contributed by atoms with Gasteiger partial charge in [0.05, 0.1) is 0 Å². The van der Waals surface area contributed by atoms with Gasteiger partial charge in [0, 0.05) is 12.5 Å². The van der Waals surface area contributed by atoms with Crippen LogP contribution in [0, 0.1) is 0 Å². The lowest BCUT2D eigenvalue weighted by Gasteiger charge is -2.12. The lowest BCUT2D eigenvalue weighted by atomic mass is 9.96. The molecule has 0 atom stereocenters. The van der Waals surface area contributed by atoms with E-state index in [1.54, 1.807) is 12.1 Å². The number of rotatable bonds is 3. The van der Waals surface area contributed by atoms with Crippen LogP contribution < -0.4 is 0 Å². The van der Waals surface area contributed by atoms with Gasteiger partial charge < -0.3 is 0 Å². The summed E-state index contributed by atoms with van der Waals surface area (Å²) >= 11 is 0. The Kier molecular flexibility index (Phi) is 3.70. The molecule has 0 aliphatic rings. The Morgan fingerprint density at radius 2 is 1.53 bits per heavy atom. The second kappa shape index (κ2) is 5.12. The average Bonchev–Trinajstić information content (AvgIpc) is 2.38. The molecule has 0 saturated heterocycles. The second-order valence-corrected chi connectivity index (χ2v) is 5.25. The molecule has 0 bridgehead atoms. The first-order valence-corrected chi connectivity index (χ1v) is 6.46. The SMILES string of the molecule is CC(C)c1cccc(-c2ccc(C(C)(F)F)cc2)c1. The van der Waals surface area contributed by atoms with Gasteiger partial charge in [-0.3, -0.25) is 0 Å². The molecule has 0 aliphatic heterocycles. The summed E-state index contributed by atoms with van der Waals surface area (Å²) in [5.41, 5.74) is 3.34. The monoisotopic (exact) mass is 260 g/mol. The maximum Gasteiger partial charge on any atom is 0.270 e. The van der Waals surface area contributed by atoms with Crippen molar-refractivity contribution < 1.29 is 8.78 Å². The van der Waals surface area contributed by atoms with Gasteiger partial charge in [-0.05, 0) is 22.6 Å². The highest BCUT2D eigenvalue weighted by Crippen LogP contribution is 2.30. The third-order valence-corrected chi connectivity index (χ3v) is 3.28. The molecule has 0 fully saturated rings. The van der Waals surface area contributed by atoms with E-state index in [0.717, 1.165) is 18.1 Å². The highest BCUT2D eigenvalue weighted by Gasteiger charge is 2.23. The van der Waals surface area contributed by atoms with Crippen molar-refractivity contribution in [3.63, 3.8) is 0 Å². The third kappa shape index (κ3) is 3.19. The number of hydrogen-bond acceptors (Lipinski definition) is 0. The van der Waals surface area contributed by atoms with Gasteiger partial charge >= 0.3 is 0 Å². The molecule has 0 aromatic heterocycles. The van der Waals surface area contributed by atoms with Crippen LogP contribution in [0.15, 0.2) is 48.5 Å². The minimum absolute atomic E-state index is 0.0521. The predicted molar refractivity (Wildman–Crippen MR) is 75.5 cm³/mol. The number of halogens is 2. The Balaban J connectivity index is 2.35. The fraction of sp³-hybridized carbons (Fsp3) is 0.294. The van der Waals surface area contributed by atoms with Crippen molar-refractivity contribution in [2.24, 2.45) is 0 Å². The first-order valence-electron chi connectivity index (χ1n) is 6.46. The van der Waals surface area contributed by atoms with E-state index in [1.165, 1.54) is 17.7 Å². The van der Waals surface area contributed by atoms with Gasteiger partial charge in [-0.15, -0.1) is 0 Å². The molecule has 2 rings (SSSR count). The Morgan fingerprint density at radius 1 is 0.895 bits per heavy atom. The van der Waals surface area contributed by atoms with Gasteiger partial charge in [0.15, 0.2) is 0 Å². The number of hydrogen-bond donors (Lipinski definition) is 0. The van der Waals surface area contributed by atoms with Crippen LogP contribution in [0.5, 0.6) is 0 Å². The molecule has 0 radical (unpaired) electrons. The van der Waals surface area contributed by atoms with Gasteiger partial charge in [0.25, 0.3) is 5.92 Å². The van der Waals surface area contributed by atoms with E-state index >= 15 is 0 Å². The zero-order chi connectivity index (χ0) is 14.0. The molecule has 2 aromatic rings. The molecule has 0 aliphatic carbocycles. The third-order valence-electron chi connectivity index (χ3n) is 3.28. The molecule has 0 N–H and O–H groups in total. The van der Waals surface area contributed by atoms with Crippen LogP contribution >= 0.6 is 0 Å². The summed E-state index contributed by atoms with van der Waals surface area (Å²) in [4.78, 5) is 0. The highest BCUT2D eigenvalue weighted by molar-refractivity contribution is 5.64. The van der Waals surface area contributed by atoms with Crippen LogP contribution in [-0.2, 0) is 5.92 Å². The molecule has 19 heavy (non-hydrogen) atoms. The van der Waals surface area contributed by atoms with Crippen LogP contribution in [0.25, 0.3) is 11.1 Å². The van der Waals surface area contributed by atoms with E-state index in [2.05, 4.69) is 26.0 Å². The minimum Gasteiger partial charge on any atom is -0.202 e. The van der Waals surface area contributed by atoms with Crippen molar-refractivity contribution in [2.45, 2.75) is 32.6 Å². The molecule has 0 saturated carbocycles. The largest absolute Gasteiger partial charge is 0.270 e. The van der Waals surface area contributed by atoms with Crippen LogP contribution in [0.3, 0.4) is 0 Å². The lowest BCUT2D eigenvalue weighted by molar-refractivity contribution is 0.0175. The van der Waals surface area contributed by atoms with Crippen molar-refractivity contribution in [1.29, 1.82) is 0 Å². The fourth-order valence-corrected chi connectivity index (χ4v) is 2.03. The Hall–Kier alpha value is -1.70. The van der Waals surface area contributed by atoms with E-state index < -0.39 is 5.92 Å². The second-order valence-electron chi connectivity index (χ2n) is 5.25. The molecule has 2 heteroatoms. The molecule has 0 unspecified atom stereocenters. The van der Waals surface area contributed by atoms with E-state index in [9.17, 15) is 8.78 Å². The van der Waals surface area contributed by atoms with Crippen molar-refractivity contribution >= 4 is 0 Å². The Morgan fingerprint density at radius 3 is 2.05 bits per heavy atom. The van der Waals surface area contributed by atoms with Crippen LogP contribution in [0.4, 0.5) is 8.78 Å². The minimum atomic E-state index is -2.78. The topological polar surface area (TPSA) is 0 Å². The van der Waals surface area contributed by atoms with Gasteiger partial charge in [-0.2, -0.15) is 0 Å². The molecule has 100 valence electrons. The number of alkyl halides is 2. The van der Waals surface area contributed by atoms with Crippen LogP contribution in [0.1, 0.15) is 37.8 Å². The zero-order valence-corrected chi connectivity index (χ0v) is 11.5. The van der Waals surface area contributed by atoms with E-state index in [0.29, 0.717) is 5.92 Å². The predicted octanol–water partition coefficient (Wildman–Crippen LogP) is 5.59. The van der Waals surface area contributed by atoms with Crippen molar-refractivity contribution in [3.8, 4) is 11.1 Å². The fourth-order valence-electron chi connectivity index (χ4n) is 2.03. The Bertz CT molecular complexity index is 548. The first kappa shape index (κ1) is 13.7. The summed E-state index contributed by atoms with van der Waals surface area (Å²) in [6.45, 7) is 5.20. The summed E-state index contributed by atoms with van der Waals surface area (Å²) < 4.78 is 26.3. The molecule has 0 spiro atoms. The quantitative estimate of drug-likeness (QED) is 0.675. The van der Waals surface area contributed by atoms with Crippen LogP contribution in [0.2, 0.25) is 0 Å². The standard InChI is InChI=1S/C17H18F2/c1-12(2)14-5-4-6-15(11-14)13-7-9-16(10-8-13)17(3,18)19/h4-12H,1-3H3. The molecule has 0 amide bonds.